The maximum atomic E-state index is 9.20. The largest absolute Gasteiger partial charge is 0.395 e. The van der Waals surface area contributed by atoms with Gasteiger partial charge in [-0.3, -0.25) is 0 Å². The number of aliphatic hydroxyl groups is 1. The topological polar surface area (TPSA) is 32.3 Å². The Morgan fingerprint density at radius 1 is 1.15 bits per heavy atom. The Labute approximate surface area is 82.7 Å². The summed E-state index contributed by atoms with van der Waals surface area (Å²) in [5.74, 6) is 1.17. The van der Waals surface area contributed by atoms with E-state index < -0.39 is 0 Å². The van der Waals surface area contributed by atoms with Crippen molar-refractivity contribution in [3.8, 4) is 0 Å². The third-order valence-electron chi connectivity index (χ3n) is 3.00. The van der Waals surface area contributed by atoms with Gasteiger partial charge in [-0.05, 0) is 18.8 Å². The van der Waals surface area contributed by atoms with Gasteiger partial charge in [0, 0.05) is 12.1 Å². The zero-order chi connectivity index (χ0) is 10.4. The summed E-state index contributed by atoms with van der Waals surface area (Å²) in [5, 5.41) is 12.7. The minimum absolute atomic E-state index is 0.242. The summed E-state index contributed by atoms with van der Waals surface area (Å²) in [6.45, 7) is 11.2. The molecule has 0 aromatic carbocycles. The molecular formula is C11H25NO. The van der Waals surface area contributed by atoms with Crippen LogP contribution in [0.25, 0.3) is 0 Å². The predicted octanol–water partition coefficient (Wildman–Crippen LogP) is 2.03. The summed E-state index contributed by atoms with van der Waals surface area (Å²) < 4.78 is 0. The molecule has 0 aliphatic carbocycles. The van der Waals surface area contributed by atoms with Crippen LogP contribution in [0.1, 0.15) is 41.0 Å². The number of nitrogens with one attached hydrogen (secondary N) is 1. The molecule has 0 fully saturated rings. The van der Waals surface area contributed by atoms with Crippen LogP contribution in [0.5, 0.6) is 0 Å². The van der Waals surface area contributed by atoms with Crippen LogP contribution in [-0.4, -0.2) is 23.8 Å². The van der Waals surface area contributed by atoms with Crippen molar-refractivity contribution in [3.63, 3.8) is 0 Å². The first-order valence-electron chi connectivity index (χ1n) is 5.39. The molecule has 0 saturated carbocycles. The van der Waals surface area contributed by atoms with E-state index in [-0.39, 0.29) is 12.6 Å². The fourth-order valence-corrected chi connectivity index (χ4v) is 1.21. The third-order valence-corrected chi connectivity index (χ3v) is 3.00. The Morgan fingerprint density at radius 2 is 1.69 bits per heavy atom. The van der Waals surface area contributed by atoms with Crippen LogP contribution in [0.15, 0.2) is 0 Å². The van der Waals surface area contributed by atoms with Gasteiger partial charge in [0.25, 0.3) is 0 Å². The molecular weight excluding hydrogens is 162 g/mol. The molecule has 0 aliphatic rings. The Balaban J connectivity index is 3.97. The molecule has 2 heteroatoms. The maximum Gasteiger partial charge on any atom is 0.0587 e. The second-order valence-corrected chi connectivity index (χ2v) is 4.37. The smallest absolute Gasteiger partial charge is 0.0587 e. The first-order chi connectivity index (χ1) is 6.02. The molecule has 0 rings (SSSR count). The van der Waals surface area contributed by atoms with Gasteiger partial charge >= 0.3 is 0 Å². The number of hydrogen-bond donors (Lipinski definition) is 2. The van der Waals surface area contributed by atoms with Gasteiger partial charge in [0.15, 0.2) is 0 Å². The molecule has 0 aromatic rings. The van der Waals surface area contributed by atoms with E-state index in [9.17, 15) is 5.11 Å². The highest BCUT2D eigenvalue weighted by molar-refractivity contribution is 4.76. The average molecular weight is 187 g/mol. The molecule has 3 atom stereocenters. The van der Waals surface area contributed by atoms with Crippen molar-refractivity contribution in [2.75, 3.05) is 6.61 Å². The van der Waals surface area contributed by atoms with Crippen LogP contribution < -0.4 is 5.32 Å². The zero-order valence-corrected chi connectivity index (χ0v) is 9.67. The van der Waals surface area contributed by atoms with Gasteiger partial charge in [0.1, 0.15) is 0 Å². The first kappa shape index (κ1) is 12.9. The van der Waals surface area contributed by atoms with E-state index in [0.717, 1.165) is 6.42 Å². The quantitative estimate of drug-likeness (QED) is 0.667. The third kappa shape index (κ3) is 4.63. The lowest BCUT2D eigenvalue weighted by Gasteiger charge is -2.28. The van der Waals surface area contributed by atoms with Crippen LogP contribution in [-0.2, 0) is 0 Å². The van der Waals surface area contributed by atoms with Crippen LogP contribution in [0.3, 0.4) is 0 Å². The van der Waals surface area contributed by atoms with Gasteiger partial charge in [-0.1, -0.05) is 34.1 Å². The first-order valence-corrected chi connectivity index (χ1v) is 5.39. The maximum absolute atomic E-state index is 9.20. The van der Waals surface area contributed by atoms with Crippen molar-refractivity contribution in [3.05, 3.63) is 0 Å². The van der Waals surface area contributed by atoms with Crippen molar-refractivity contribution >= 4 is 0 Å². The van der Waals surface area contributed by atoms with Crippen LogP contribution in [0, 0.1) is 11.8 Å². The Bertz CT molecular complexity index is 125. The van der Waals surface area contributed by atoms with Gasteiger partial charge in [-0.2, -0.15) is 0 Å². The molecule has 3 unspecified atom stereocenters. The van der Waals surface area contributed by atoms with E-state index in [4.69, 9.17) is 0 Å². The van der Waals surface area contributed by atoms with Crippen molar-refractivity contribution < 1.29 is 5.11 Å². The van der Waals surface area contributed by atoms with Crippen LogP contribution >= 0.6 is 0 Å². The minimum atomic E-state index is 0.242. The lowest BCUT2D eigenvalue weighted by atomic mass is 9.97. The average Bonchev–Trinajstić information content (AvgIpc) is 2.12. The summed E-state index contributed by atoms with van der Waals surface area (Å²) in [5.41, 5.74) is 0. The van der Waals surface area contributed by atoms with Gasteiger partial charge < -0.3 is 10.4 Å². The van der Waals surface area contributed by atoms with E-state index in [1.807, 2.05) is 0 Å². The van der Waals surface area contributed by atoms with E-state index >= 15 is 0 Å². The highest BCUT2D eigenvalue weighted by Gasteiger charge is 2.17. The highest BCUT2D eigenvalue weighted by atomic mass is 16.3. The summed E-state index contributed by atoms with van der Waals surface area (Å²) >= 11 is 0. The summed E-state index contributed by atoms with van der Waals surface area (Å²) in [6, 6.07) is 0.730. The van der Waals surface area contributed by atoms with Crippen LogP contribution in [0.4, 0.5) is 0 Å². The molecule has 13 heavy (non-hydrogen) atoms. The van der Waals surface area contributed by atoms with Gasteiger partial charge in [0.05, 0.1) is 6.61 Å². The zero-order valence-electron chi connectivity index (χ0n) is 9.67. The van der Waals surface area contributed by atoms with E-state index in [1.165, 1.54) is 0 Å². The highest BCUT2D eigenvalue weighted by Crippen LogP contribution is 2.10. The molecule has 0 radical (unpaired) electrons. The van der Waals surface area contributed by atoms with Gasteiger partial charge in [-0.25, -0.2) is 0 Å². The summed E-state index contributed by atoms with van der Waals surface area (Å²) in [6.07, 6.45) is 1.11. The van der Waals surface area contributed by atoms with E-state index in [2.05, 4.69) is 39.9 Å². The predicted molar refractivity (Wildman–Crippen MR) is 57.8 cm³/mol. The van der Waals surface area contributed by atoms with Crippen molar-refractivity contribution in [2.24, 2.45) is 11.8 Å². The Kier molecular flexibility index (Phi) is 6.35. The standard InChI is InChI=1S/C11H25NO/c1-6-9(4)11(7-13)12-10(5)8(2)3/h8-13H,6-7H2,1-5H3. The fourth-order valence-electron chi connectivity index (χ4n) is 1.21. The van der Waals surface area contributed by atoms with Crippen molar-refractivity contribution in [1.29, 1.82) is 0 Å². The fraction of sp³-hybridized carbons (Fsp3) is 1.00. The molecule has 0 amide bonds. The molecule has 80 valence electrons. The van der Waals surface area contributed by atoms with Crippen molar-refractivity contribution in [2.45, 2.75) is 53.1 Å². The second kappa shape index (κ2) is 6.39. The molecule has 0 aromatic heterocycles. The number of rotatable bonds is 6. The Hall–Kier alpha value is -0.0800. The monoisotopic (exact) mass is 187 g/mol. The molecule has 2 N–H and O–H groups in total. The normalized spacial score (nSPS) is 18.7. The summed E-state index contributed by atoms with van der Waals surface area (Å²) in [4.78, 5) is 0. The SMILES string of the molecule is CCC(C)C(CO)NC(C)C(C)C. The summed E-state index contributed by atoms with van der Waals surface area (Å²) in [7, 11) is 0. The van der Waals surface area contributed by atoms with Crippen molar-refractivity contribution in [1.82, 2.24) is 5.32 Å². The minimum Gasteiger partial charge on any atom is -0.395 e. The van der Waals surface area contributed by atoms with Gasteiger partial charge in [0.2, 0.25) is 0 Å². The number of hydrogen-bond acceptors (Lipinski definition) is 2. The lowest BCUT2D eigenvalue weighted by molar-refractivity contribution is 0.183. The van der Waals surface area contributed by atoms with E-state index in [0.29, 0.717) is 17.9 Å². The Morgan fingerprint density at radius 3 is 2.00 bits per heavy atom. The molecule has 0 bridgehead atoms. The number of aliphatic hydroxyl groups excluding tert-OH is 1. The van der Waals surface area contributed by atoms with Gasteiger partial charge in [-0.15, -0.1) is 0 Å². The molecule has 0 aliphatic heterocycles. The van der Waals surface area contributed by atoms with E-state index in [1.54, 1.807) is 0 Å². The molecule has 2 nitrogen and oxygen atoms in total. The molecule has 0 saturated heterocycles. The second-order valence-electron chi connectivity index (χ2n) is 4.37. The molecule has 0 heterocycles. The lowest BCUT2D eigenvalue weighted by Crippen LogP contribution is -2.45. The molecule has 0 spiro atoms. The van der Waals surface area contributed by atoms with Crippen LogP contribution in [0.2, 0.25) is 0 Å².